The Kier molecular flexibility index (Phi) is 17.1. The number of benzene rings is 2. The van der Waals surface area contributed by atoms with Crippen LogP contribution in [0.4, 0.5) is 9.59 Å². The average Bonchev–Trinajstić information content (AvgIpc) is 2.40. The number of ether oxygens (including phenoxy) is 3. The topological polar surface area (TPSA) is 234 Å². The van der Waals surface area contributed by atoms with Gasteiger partial charge in [-0.15, -0.1) is 0 Å². The maximum Gasteiger partial charge on any atom is 0.355 e. The van der Waals surface area contributed by atoms with Crippen molar-refractivity contribution in [1.82, 2.24) is 39.5 Å². The van der Waals surface area contributed by atoms with Crippen molar-refractivity contribution in [2.45, 2.75) is 150 Å². The number of pyridine rings is 4. The van der Waals surface area contributed by atoms with E-state index in [1.54, 1.807) is 44.9 Å². The summed E-state index contributed by atoms with van der Waals surface area (Å²) in [7, 11) is -3.67. The number of para-hydroxylation sites is 2. The Labute approximate surface area is 485 Å². The van der Waals surface area contributed by atoms with Crippen molar-refractivity contribution < 1.29 is 43.3 Å². The smallest absolute Gasteiger partial charge is 0.355 e. The first kappa shape index (κ1) is 60.1. The highest BCUT2D eigenvalue weighted by molar-refractivity contribution is 6.78. The molecule has 0 spiro atoms. The number of nitrogens with one attached hydrogen (secondary N) is 2. The molecule has 0 radical (unpaired) electrons. The van der Waals surface area contributed by atoms with E-state index in [0.29, 0.717) is 90.9 Å². The third-order valence-corrected chi connectivity index (χ3v) is 22.8. The van der Waals surface area contributed by atoms with Crippen LogP contribution in [0.5, 0.6) is 0 Å². The van der Waals surface area contributed by atoms with Crippen LogP contribution in [-0.4, -0.2) is 119 Å². The van der Waals surface area contributed by atoms with Gasteiger partial charge in [-0.05, 0) is 88.8 Å². The molecule has 0 aliphatic carbocycles. The van der Waals surface area contributed by atoms with E-state index < -0.39 is 45.3 Å². The van der Waals surface area contributed by atoms with Crippen LogP contribution in [0.15, 0.2) is 70.3 Å². The Morgan fingerprint density at radius 3 is 1.47 bits per heavy atom. The predicted molar refractivity (Wildman–Crippen MR) is 323 cm³/mol. The number of esters is 3. The van der Waals surface area contributed by atoms with Gasteiger partial charge in [0.25, 0.3) is 11.1 Å². The standard InChI is InChI=1S/C32H40N4O6Si.C30H38N4O5Si/c1-7-32(42-20(4)37)25-16-27-28-23(17-36(27)29(38)24(25)18-41-30(32)39)21(22-12-10-11-13-26(22)34-28)14-15-43(5,6)19-33-31(40)35(8-2)9-3;1-6-30(38)23-15-25-26-21(16-34(25)27(35)22(23)17-39-28(30)36)19(20-11-9-10-12-24(20)32-26)13-14-40(4,5)18-31-29(37)33(7-2)8-3/h10-13,16H,7-9,14-15,17-19H2,1-6H3,(H,33,40);9-12,15,38H,6-8,13-14,16-18H2,1-5H3,(H,31,37)/t32-;30-/m00/s1. The molecule has 19 nitrogen and oxygen atoms in total. The van der Waals surface area contributed by atoms with Gasteiger partial charge in [-0.2, -0.15) is 0 Å². The molecule has 10 rings (SSSR count). The van der Waals surface area contributed by atoms with Crippen LogP contribution in [0.25, 0.3) is 44.6 Å². The predicted octanol–water partition coefficient (Wildman–Crippen LogP) is 8.41. The van der Waals surface area contributed by atoms with E-state index in [1.807, 2.05) is 64.1 Å². The quantitative estimate of drug-likeness (QED) is 0.0442. The Morgan fingerprint density at radius 1 is 0.627 bits per heavy atom. The number of nitrogens with zero attached hydrogens (tertiary/aromatic N) is 6. The van der Waals surface area contributed by atoms with Crippen LogP contribution in [0, 0.1) is 0 Å². The number of carbonyl (C=O) groups excluding carboxylic acids is 5. The summed E-state index contributed by atoms with van der Waals surface area (Å²) < 4.78 is 19.6. The van der Waals surface area contributed by atoms with Gasteiger partial charge in [-0.3, -0.25) is 14.4 Å². The number of aliphatic hydroxyl groups is 1. The lowest BCUT2D eigenvalue weighted by Gasteiger charge is -2.35. The van der Waals surface area contributed by atoms with E-state index in [0.717, 1.165) is 74.7 Å². The SMILES string of the molecule is CCN(CC)C(=O)NC[Si](C)(C)CCc1c2c(nc3ccccc13)-c1cc3c(c(=O)n1C2)COC(=O)[C@@]3(CC)OC(C)=O.CCN(CC)C(=O)NC[Si](C)(C)CCc1c2c(nc3ccccc13)-c1cc3c(c(=O)n1C2)COC(=O)[C@]3(O)CC. The highest BCUT2D eigenvalue weighted by Crippen LogP contribution is 2.44. The minimum absolute atomic E-state index is 0.0193. The molecule has 8 heterocycles. The van der Waals surface area contributed by atoms with Crippen molar-refractivity contribution in [3.63, 3.8) is 0 Å². The Morgan fingerprint density at radius 2 is 1.05 bits per heavy atom. The number of carbonyl (C=O) groups is 5. The van der Waals surface area contributed by atoms with Gasteiger partial charge in [-0.25, -0.2) is 29.1 Å². The number of urea groups is 2. The van der Waals surface area contributed by atoms with Gasteiger partial charge >= 0.3 is 30.0 Å². The molecule has 440 valence electrons. The van der Waals surface area contributed by atoms with E-state index in [1.165, 1.54) is 6.92 Å². The van der Waals surface area contributed by atoms with Gasteiger partial charge in [0.2, 0.25) is 5.60 Å². The summed E-state index contributed by atoms with van der Waals surface area (Å²) in [5.41, 5.74) is 5.90. The zero-order valence-corrected chi connectivity index (χ0v) is 51.8. The van der Waals surface area contributed by atoms with Crippen LogP contribution in [0.3, 0.4) is 0 Å². The molecule has 4 aliphatic rings. The Balaban J connectivity index is 0.000000200. The molecule has 4 amide bonds. The van der Waals surface area contributed by atoms with Gasteiger partial charge in [-0.1, -0.05) is 88.5 Å². The third kappa shape index (κ3) is 11.1. The maximum absolute atomic E-state index is 13.9. The van der Waals surface area contributed by atoms with Gasteiger partial charge in [0, 0.05) is 78.5 Å². The number of aromatic nitrogens is 4. The molecule has 21 heteroatoms. The lowest BCUT2D eigenvalue weighted by Crippen LogP contribution is -2.47. The van der Waals surface area contributed by atoms with E-state index in [2.05, 4.69) is 49.0 Å². The monoisotopic (exact) mass is 1170 g/mol. The molecule has 0 unspecified atom stereocenters. The molecule has 0 fully saturated rings. The van der Waals surface area contributed by atoms with Gasteiger partial charge in [0.05, 0.1) is 74.2 Å². The van der Waals surface area contributed by atoms with Crippen molar-refractivity contribution in [3.8, 4) is 22.8 Å². The average molecular weight is 1170 g/mol. The highest BCUT2D eigenvalue weighted by atomic mass is 28.3. The summed E-state index contributed by atoms with van der Waals surface area (Å²) in [5, 5.41) is 19.6. The first-order valence-corrected chi connectivity index (χ1v) is 36.0. The van der Waals surface area contributed by atoms with Crippen LogP contribution >= 0.6 is 0 Å². The largest absolute Gasteiger partial charge is 0.458 e. The van der Waals surface area contributed by atoms with Crippen molar-refractivity contribution in [1.29, 1.82) is 0 Å². The van der Waals surface area contributed by atoms with Crippen molar-refractivity contribution in [3.05, 3.63) is 126 Å². The van der Waals surface area contributed by atoms with Crippen LogP contribution in [-0.2, 0) is 78.9 Å². The molecule has 0 saturated carbocycles. The van der Waals surface area contributed by atoms with Crippen molar-refractivity contribution >= 4 is 67.9 Å². The van der Waals surface area contributed by atoms with Gasteiger partial charge in [0.1, 0.15) is 13.2 Å². The van der Waals surface area contributed by atoms with Gasteiger partial charge < -0.3 is 48.9 Å². The molecule has 4 aromatic heterocycles. The second-order valence-corrected chi connectivity index (χ2v) is 34.0. The number of aryl methyl sites for hydroxylation is 2. The fourth-order valence-electron chi connectivity index (χ4n) is 12.2. The molecule has 6 aromatic rings. The summed E-state index contributed by atoms with van der Waals surface area (Å²) >= 11 is 0. The molecule has 2 aromatic carbocycles. The molecular formula is C62H78N8O11Si2. The number of amides is 4. The maximum atomic E-state index is 13.9. The van der Waals surface area contributed by atoms with Crippen LogP contribution in [0.1, 0.15) is 106 Å². The third-order valence-electron chi connectivity index (χ3n) is 17.4. The molecular weight excluding hydrogens is 1090 g/mol. The van der Waals surface area contributed by atoms with Gasteiger partial charge in [0.15, 0.2) is 5.60 Å². The molecule has 0 bridgehead atoms. The van der Waals surface area contributed by atoms with Crippen molar-refractivity contribution in [2.24, 2.45) is 0 Å². The van der Waals surface area contributed by atoms with Crippen LogP contribution in [0.2, 0.25) is 38.3 Å². The number of hydrogen-bond acceptors (Lipinski definition) is 13. The first-order valence-electron chi connectivity index (χ1n) is 29.2. The fourth-order valence-corrected chi connectivity index (χ4v) is 15.6. The summed E-state index contributed by atoms with van der Waals surface area (Å²) in [4.78, 5) is 104. The first-order chi connectivity index (χ1) is 39.5. The fraction of sp³-hybridized carbons (Fsp3) is 0.468. The molecule has 2 atom stereocenters. The lowest BCUT2D eigenvalue weighted by molar-refractivity contribution is -0.188. The second kappa shape index (κ2) is 23.6. The lowest BCUT2D eigenvalue weighted by atomic mass is 9.85. The molecule has 3 N–H and O–H groups in total. The highest BCUT2D eigenvalue weighted by Gasteiger charge is 2.50. The molecule has 4 aliphatic heterocycles. The van der Waals surface area contributed by atoms with Crippen molar-refractivity contribution in [2.75, 3.05) is 38.5 Å². The number of fused-ring (bicyclic) bond motifs is 10. The summed E-state index contributed by atoms with van der Waals surface area (Å²) in [6.45, 7) is 24.8. The number of rotatable bonds is 17. The zero-order valence-electron chi connectivity index (χ0n) is 49.8. The van der Waals surface area contributed by atoms with E-state index in [4.69, 9.17) is 24.2 Å². The van der Waals surface area contributed by atoms with E-state index >= 15 is 0 Å². The number of cyclic esters (lactones) is 2. The van der Waals surface area contributed by atoms with Crippen LogP contribution < -0.4 is 21.8 Å². The number of hydrogen-bond donors (Lipinski definition) is 3. The minimum atomic E-state index is -1.85. The van der Waals surface area contributed by atoms with E-state index in [-0.39, 0.29) is 49.2 Å². The second-order valence-electron chi connectivity index (χ2n) is 23.6. The molecule has 0 saturated heterocycles. The molecule has 83 heavy (non-hydrogen) atoms. The summed E-state index contributed by atoms with van der Waals surface area (Å²) in [6, 6.07) is 21.4. The Bertz CT molecular complexity index is 3720. The normalized spacial score (nSPS) is 17.4. The zero-order chi connectivity index (χ0) is 59.9. The Hall–Kier alpha value is -7.50. The summed E-state index contributed by atoms with van der Waals surface area (Å²) in [5.74, 6) is -2.02. The summed E-state index contributed by atoms with van der Waals surface area (Å²) in [6.07, 6.45) is 3.17. The van der Waals surface area contributed by atoms with E-state index in [9.17, 15) is 38.7 Å². The minimum Gasteiger partial charge on any atom is -0.458 e.